The highest BCUT2D eigenvalue weighted by Gasteiger charge is 2.39. The molecular formula is C58H61ClN6O5S2Si. The maximum Gasteiger partial charge on any atom is 0.352 e. The van der Waals surface area contributed by atoms with Crippen LogP contribution in [0.4, 0.5) is 0 Å². The van der Waals surface area contributed by atoms with E-state index in [9.17, 15) is 9.90 Å². The molecule has 0 unspecified atom stereocenters. The van der Waals surface area contributed by atoms with E-state index < -0.39 is 14.3 Å². The van der Waals surface area contributed by atoms with Crippen LogP contribution in [0.5, 0.6) is 11.5 Å². The third-order valence-electron chi connectivity index (χ3n) is 13.6. The van der Waals surface area contributed by atoms with Gasteiger partial charge in [0, 0.05) is 83.7 Å². The second-order valence-electron chi connectivity index (χ2n) is 18.3. The van der Waals surface area contributed by atoms with Crippen LogP contribution in [0.25, 0.3) is 32.9 Å². The number of carbonyl (C=O) groups is 1. The summed E-state index contributed by atoms with van der Waals surface area (Å²) in [4.78, 5) is 18.9. The minimum absolute atomic E-state index is 0.261. The van der Waals surface area contributed by atoms with Crippen LogP contribution in [0.15, 0.2) is 138 Å². The number of rotatable bonds is 23. The topological polar surface area (TPSA) is 118 Å². The zero-order valence-electron chi connectivity index (χ0n) is 42.2. The Balaban J connectivity index is 0.909. The first kappa shape index (κ1) is 51.6. The normalized spacial score (nSPS) is 11.8. The molecule has 0 amide bonds. The fourth-order valence-electron chi connectivity index (χ4n) is 9.99. The highest BCUT2D eigenvalue weighted by atomic mass is 35.5. The molecule has 0 aliphatic rings. The fourth-order valence-corrected chi connectivity index (χ4v) is 16.4. The molecule has 0 fully saturated rings. The Labute approximate surface area is 442 Å². The van der Waals surface area contributed by atoms with Gasteiger partial charge in [0.15, 0.2) is 0 Å². The smallest absolute Gasteiger partial charge is 0.352 e. The Morgan fingerprint density at radius 2 is 1.55 bits per heavy atom. The summed E-state index contributed by atoms with van der Waals surface area (Å²) in [6.07, 6.45) is 5.11. The van der Waals surface area contributed by atoms with Crippen molar-refractivity contribution in [2.24, 2.45) is 21.1 Å². The molecule has 0 aliphatic heterocycles. The number of hydrogen-bond acceptors (Lipinski definition) is 9. The number of ether oxygens (including phenoxy) is 2. The van der Waals surface area contributed by atoms with Gasteiger partial charge in [0.25, 0.3) is 8.32 Å². The first-order chi connectivity index (χ1) is 35.5. The number of aromatic nitrogens is 6. The van der Waals surface area contributed by atoms with Gasteiger partial charge in [-0.05, 0) is 89.8 Å². The first-order valence-corrected chi connectivity index (χ1v) is 29.3. The standard InChI is InChI=1S/C58H61ClN6O5S2Si/c1-7-8-31-73(46-18-11-9-12-19-46,47-20-13-10-14-21-47)70-30-16-22-48-49-27-28-50(59)54(56(49)63(3)57(48)58(66)67)53-39(2)61-65(5)51(53)38-71-36-42-33-43(64(4)62-42)37-72-45-32-41-17-15-29-60-55(41)52(34-45)69-35-40-23-25-44(68-6)26-24-40/h9-15,17-21,23-29,32-34H,7-8,16,22,30-31,35-38H2,1-6H3,(H,66,67). The van der Waals surface area contributed by atoms with Crippen LogP contribution in [0.2, 0.25) is 11.1 Å². The van der Waals surface area contributed by atoms with Gasteiger partial charge in [-0.3, -0.25) is 14.3 Å². The molecular weight excluding hydrogens is 988 g/mol. The summed E-state index contributed by atoms with van der Waals surface area (Å²) in [7, 11) is 4.85. The molecule has 4 heterocycles. The molecule has 15 heteroatoms. The van der Waals surface area contributed by atoms with E-state index in [0.29, 0.717) is 42.6 Å². The van der Waals surface area contributed by atoms with Crippen LogP contribution >= 0.6 is 35.1 Å². The number of pyridine rings is 1. The summed E-state index contributed by atoms with van der Waals surface area (Å²) in [6.45, 7) is 5.14. The molecule has 0 radical (unpaired) electrons. The number of benzene rings is 5. The quantitative estimate of drug-likeness (QED) is 0.0377. The Hall–Kier alpha value is -6.29. The Kier molecular flexibility index (Phi) is 16.5. The predicted octanol–water partition coefficient (Wildman–Crippen LogP) is 12.3. The van der Waals surface area contributed by atoms with Gasteiger partial charge in [-0.1, -0.05) is 116 Å². The van der Waals surface area contributed by atoms with Crippen LogP contribution in [-0.4, -0.2) is 62.2 Å². The number of nitrogens with zero attached hydrogens (tertiary/aromatic N) is 6. The van der Waals surface area contributed by atoms with Crippen molar-refractivity contribution in [3.63, 3.8) is 0 Å². The summed E-state index contributed by atoms with van der Waals surface area (Å²) in [5, 5.41) is 25.6. The molecule has 5 aromatic carbocycles. The molecule has 9 rings (SSSR count). The van der Waals surface area contributed by atoms with E-state index in [1.165, 1.54) is 10.4 Å². The van der Waals surface area contributed by atoms with Gasteiger partial charge < -0.3 is 23.6 Å². The number of hydrogen-bond donors (Lipinski definition) is 1. The summed E-state index contributed by atoms with van der Waals surface area (Å²) in [6, 6.07) is 44.5. The van der Waals surface area contributed by atoms with Gasteiger partial charge >= 0.3 is 5.97 Å². The largest absolute Gasteiger partial charge is 0.497 e. The molecule has 0 bridgehead atoms. The average molecular weight is 1050 g/mol. The average Bonchev–Trinajstić information content (AvgIpc) is 4.02. The molecule has 376 valence electrons. The highest BCUT2D eigenvalue weighted by Crippen LogP contribution is 2.43. The van der Waals surface area contributed by atoms with Crippen LogP contribution in [-0.2, 0) is 55.9 Å². The molecule has 0 saturated carbocycles. The van der Waals surface area contributed by atoms with Crippen molar-refractivity contribution in [2.45, 2.75) is 74.3 Å². The van der Waals surface area contributed by atoms with Gasteiger partial charge in [-0.25, -0.2) is 4.79 Å². The lowest BCUT2D eigenvalue weighted by molar-refractivity contribution is 0.0685. The lowest BCUT2D eigenvalue weighted by Crippen LogP contribution is -2.60. The Morgan fingerprint density at radius 1 is 0.808 bits per heavy atom. The zero-order chi connectivity index (χ0) is 51.1. The minimum atomic E-state index is -2.60. The fraction of sp³-hybridized carbons (Fsp3) is 0.276. The van der Waals surface area contributed by atoms with E-state index in [1.807, 2.05) is 84.5 Å². The minimum Gasteiger partial charge on any atom is -0.497 e. The SMILES string of the molecule is CCCC[Si](OCCCc1c(C(=O)O)n(C)c2c(-c3c(C)nn(C)c3CSCc3cc(CSc4cc(OCc5ccc(OC)cc5)c5ncccc5c4)n(C)n3)c(Cl)ccc12)(c1ccccc1)c1ccccc1. The van der Waals surface area contributed by atoms with Crippen molar-refractivity contribution in [1.82, 2.24) is 29.1 Å². The Bertz CT molecular complexity index is 3320. The van der Waals surface area contributed by atoms with Crippen molar-refractivity contribution in [1.29, 1.82) is 0 Å². The second-order valence-corrected chi connectivity index (χ2v) is 24.4. The van der Waals surface area contributed by atoms with Crippen molar-refractivity contribution in [3.05, 3.63) is 178 Å². The molecule has 73 heavy (non-hydrogen) atoms. The van der Waals surface area contributed by atoms with Crippen LogP contribution in [0.1, 0.15) is 70.6 Å². The second kappa shape index (κ2) is 23.3. The van der Waals surface area contributed by atoms with E-state index in [1.54, 1.807) is 36.8 Å². The summed E-state index contributed by atoms with van der Waals surface area (Å²) < 4.78 is 24.6. The van der Waals surface area contributed by atoms with Crippen molar-refractivity contribution < 1.29 is 23.8 Å². The van der Waals surface area contributed by atoms with Gasteiger partial charge in [0.05, 0.1) is 34.7 Å². The summed E-state index contributed by atoms with van der Waals surface area (Å²) in [5.41, 5.74) is 9.33. The zero-order valence-corrected chi connectivity index (χ0v) is 45.6. The number of halogens is 1. The highest BCUT2D eigenvalue weighted by molar-refractivity contribution is 7.98. The predicted molar refractivity (Wildman–Crippen MR) is 301 cm³/mol. The molecule has 9 aromatic rings. The van der Waals surface area contributed by atoms with Crippen LogP contribution < -0.4 is 19.8 Å². The number of thioether (sulfide) groups is 2. The van der Waals surface area contributed by atoms with Crippen LogP contribution in [0, 0.1) is 6.92 Å². The van der Waals surface area contributed by atoms with Crippen molar-refractivity contribution in [3.8, 4) is 22.6 Å². The van der Waals surface area contributed by atoms with Gasteiger partial charge in [-0.2, -0.15) is 10.2 Å². The van der Waals surface area contributed by atoms with E-state index in [4.69, 9.17) is 35.7 Å². The maximum atomic E-state index is 13.2. The molecule has 0 aliphatic carbocycles. The van der Waals surface area contributed by atoms with E-state index in [-0.39, 0.29) is 5.69 Å². The molecule has 4 aromatic heterocycles. The first-order valence-electron chi connectivity index (χ1n) is 24.7. The van der Waals surface area contributed by atoms with Crippen molar-refractivity contribution in [2.75, 3.05) is 13.7 Å². The lowest BCUT2D eigenvalue weighted by atomic mass is 9.98. The van der Waals surface area contributed by atoms with E-state index >= 15 is 0 Å². The molecule has 11 nitrogen and oxygen atoms in total. The number of unbranched alkanes of at least 4 members (excludes halogenated alkanes) is 1. The molecule has 0 atom stereocenters. The maximum absolute atomic E-state index is 13.2. The molecule has 1 N–H and O–H groups in total. The number of aryl methyl sites for hydroxylation is 5. The molecule has 0 spiro atoms. The van der Waals surface area contributed by atoms with Crippen LogP contribution in [0.3, 0.4) is 0 Å². The summed E-state index contributed by atoms with van der Waals surface area (Å²) >= 11 is 10.7. The van der Waals surface area contributed by atoms with Gasteiger partial charge in [-0.15, -0.1) is 23.5 Å². The van der Waals surface area contributed by atoms with E-state index in [2.05, 4.69) is 96.8 Å². The number of carboxylic acids is 1. The lowest BCUT2D eigenvalue weighted by Gasteiger charge is -2.33. The van der Waals surface area contributed by atoms with Gasteiger partial charge in [0.1, 0.15) is 29.3 Å². The number of carboxylic acid groups (broad SMARTS) is 1. The molecule has 0 saturated heterocycles. The third-order valence-corrected chi connectivity index (χ3v) is 20.2. The summed E-state index contributed by atoms with van der Waals surface area (Å²) in [5.74, 6) is 2.61. The van der Waals surface area contributed by atoms with Crippen molar-refractivity contribution >= 4 is 81.6 Å². The Morgan fingerprint density at radius 3 is 2.25 bits per heavy atom. The monoisotopic (exact) mass is 1050 g/mol. The number of fused-ring (bicyclic) bond motifs is 2. The third kappa shape index (κ3) is 11.1. The number of methoxy groups -OCH3 is 1. The number of aromatic carboxylic acids is 1. The van der Waals surface area contributed by atoms with E-state index in [0.717, 1.165) is 108 Å². The van der Waals surface area contributed by atoms with Gasteiger partial charge in [0.2, 0.25) is 0 Å².